The number of aryl methyl sites for hydroxylation is 1. The van der Waals surface area contributed by atoms with Crippen LogP contribution in [0, 0.1) is 12.8 Å². The third kappa shape index (κ3) is 5.41. The SMILES string of the molecule is COc1ccc(C)cc1NCCOCCC(C)C. The zero-order chi connectivity index (χ0) is 13.4. The van der Waals surface area contributed by atoms with Gasteiger partial charge in [0.15, 0.2) is 0 Å². The van der Waals surface area contributed by atoms with E-state index in [2.05, 4.69) is 32.2 Å². The molecule has 1 aromatic carbocycles. The molecule has 0 bridgehead atoms. The maximum absolute atomic E-state index is 5.57. The van der Waals surface area contributed by atoms with Crippen molar-refractivity contribution >= 4 is 5.69 Å². The highest BCUT2D eigenvalue weighted by Gasteiger charge is 2.02. The zero-order valence-electron chi connectivity index (χ0n) is 12.0. The van der Waals surface area contributed by atoms with Gasteiger partial charge in [0.25, 0.3) is 0 Å². The molecule has 0 unspecified atom stereocenters. The second kappa shape index (κ2) is 7.98. The molecule has 0 spiro atoms. The summed E-state index contributed by atoms with van der Waals surface area (Å²) in [5, 5.41) is 3.34. The third-order valence-electron chi connectivity index (χ3n) is 2.76. The van der Waals surface area contributed by atoms with Gasteiger partial charge < -0.3 is 14.8 Å². The predicted octanol–water partition coefficient (Wildman–Crippen LogP) is 3.48. The molecule has 0 radical (unpaired) electrons. The fourth-order valence-electron chi connectivity index (χ4n) is 1.64. The van der Waals surface area contributed by atoms with Crippen LogP contribution < -0.4 is 10.1 Å². The Balaban J connectivity index is 2.28. The molecule has 3 heteroatoms. The number of hydrogen-bond acceptors (Lipinski definition) is 3. The van der Waals surface area contributed by atoms with E-state index in [4.69, 9.17) is 9.47 Å². The van der Waals surface area contributed by atoms with E-state index in [9.17, 15) is 0 Å². The first-order valence-electron chi connectivity index (χ1n) is 6.59. The fourth-order valence-corrected chi connectivity index (χ4v) is 1.64. The molecule has 18 heavy (non-hydrogen) atoms. The lowest BCUT2D eigenvalue weighted by Gasteiger charge is -2.12. The van der Waals surface area contributed by atoms with Crippen molar-refractivity contribution in [2.75, 3.05) is 32.2 Å². The summed E-state index contributed by atoms with van der Waals surface area (Å²) in [6.45, 7) is 8.86. The Bertz CT molecular complexity index is 350. The average molecular weight is 251 g/mol. The molecule has 3 nitrogen and oxygen atoms in total. The quantitative estimate of drug-likeness (QED) is 0.718. The van der Waals surface area contributed by atoms with Crippen LogP contribution in [0.25, 0.3) is 0 Å². The molecule has 1 rings (SSSR count). The first kappa shape index (κ1) is 14.8. The molecular formula is C15H25NO2. The third-order valence-corrected chi connectivity index (χ3v) is 2.76. The number of methoxy groups -OCH3 is 1. The first-order valence-corrected chi connectivity index (χ1v) is 6.59. The van der Waals surface area contributed by atoms with E-state index in [0.717, 1.165) is 37.6 Å². The molecule has 1 N–H and O–H groups in total. The van der Waals surface area contributed by atoms with Crippen molar-refractivity contribution in [1.29, 1.82) is 0 Å². The maximum atomic E-state index is 5.57. The second-order valence-electron chi connectivity index (χ2n) is 4.93. The lowest BCUT2D eigenvalue weighted by atomic mass is 10.1. The van der Waals surface area contributed by atoms with Crippen molar-refractivity contribution in [3.63, 3.8) is 0 Å². The Hall–Kier alpha value is -1.22. The van der Waals surface area contributed by atoms with Gasteiger partial charge in [-0.25, -0.2) is 0 Å². The summed E-state index contributed by atoms with van der Waals surface area (Å²) < 4.78 is 10.9. The molecular weight excluding hydrogens is 226 g/mol. The molecule has 1 aromatic rings. The van der Waals surface area contributed by atoms with Crippen LogP contribution >= 0.6 is 0 Å². The van der Waals surface area contributed by atoms with Gasteiger partial charge in [0.05, 0.1) is 19.4 Å². The van der Waals surface area contributed by atoms with E-state index in [1.165, 1.54) is 5.56 Å². The highest BCUT2D eigenvalue weighted by Crippen LogP contribution is 2.24. The van der Waals surface area contributed by atoms with Crippen LogP contribution in [-0.4, -0.2) is 26.9 Å². The Morgan fingerprint density at radius 2 is 2.00 bits per heavy atom. The predicted molar refractivity (Wildman–Crippen MR) is 76.5 cm³/mol. The van der Waals surface area contributed by atoms with Gasteiger partial charge >= 0.3 is 0 Å². The summed E-state index contributed by atoms with van der Waals surface area (Å²) in [7, 11) is 1.69. The largest absolute Gasteiger partial charge is 0.495 e. The molecule has 102 valence electrons. The molecule has 0 atom stereocenters. The van der Waals surface area contributed by atoms with Crippen LogP contribution in [-0.2, 0) is 4.74 Å². The number of hydrogen-bond donors (Lipinski definition) is 1. The fraction of sp³-hybridized carbons (Fsp3) is 0.600. The summed E-state index contributed by atoms with van der Waals surface area (Å²) in [6, 6.07) is 6.12. The van der Waals surface area contributed by atoms with Crippen molar-refractivity contribution in [2.45, 2.75) is 27.2 Å². The van der Waals surface area contributed by atoms with Crippen LogP contribution in [0.4, 0.5) is 5.69 Å². The molecule has 0 heterocycles. The second-order valence-corrected chi connectivity index (χ2v) is 4.93. The maximum Gasteiger partial charge on any atom is 0.141 e. The molecule has 0 saturated carbocycles. The minimum atomic E-state index is 0.704. The Morgan fingerprint density at radius 3 is 2.67 bits per heavy atom. The molecule has 0 aliphatic carbocycles. The Morgan fingerprint density at radius 1 is 1.22 bits per heavy atom. The molecule has 0 fully saturated rings. The van der Waals surface area contributed by atoms with Crippen LogP contribution in [0.5, 0.6) is 5.75 Å². The van der Waals surface area contributed by atoms with Gasteiger partial charge in [-0.3, -0.25) is 0 Å². The van der Waals surface area contributed by atoms with Crippen LogP contribution in [0.1, 0.15) is 25.8 Å². The van der Waals surface area contributed by atoms with Gasteiger partial charge in [0.2, 0.25) is 0 Å². The highest BCUT2D eigenvalue weighted by atomic mass is 16.5. The van der Waals surface area contributed by atoms with Crippen LogP contribution in [0.3, 0.4) is 0 Å². The molecule has 0 aromatic heterocycles. The number of ether oxygens (including phenoxy) is 2. The molecule has 0 saturated heterocycles. The monoisotopic (exact) mass is 251 g/mol. The lowest BCUT2D eigenvalue weighted by Crippen LogP contribution is -2.11. The molecule has 0 aliphatic heterocycles. The van der Waals surface area contributed by atoms with Gasteiger partial charge in [0.1, 0.15) is 5.75 Å². The van der Waals surface area contributed by atoms with E-state index in [0.29, 0.717) is 5.92 Å². The summed E-state index contributed by atoms with van der Waals surface area (Å²) in [6.07, 6.45) is 1.12. The zero-order valence-corrected chi connectivity index (χ0v) is 12.0. The number of rotatable bonds is 8. The van der Waals surface area contributed by atoms with E-state index in [-0.39, 0.29) is 0 Å². The van der Waals surface area contributed by atoms with Gasteiger partial charge in [-0.05, 0) is 37.0 Å². The van der Waals surface area contributed by atoms with Gasteiger partial charge in [0, 0.05) is 13.2 Å². The van der Waals surface area contributed by atoms with Crippen molar-refractivity contribution in [1.82, 2.24) is 0 Å². The van der Waals surface area contributed by atoms with Crippen molar-refractivity contribution in [3.8, 4) is 5.75 Å². The summed E-state index contributed by atoms with van der Waals surface area (Å²) in [4.78, 5) is 0. The van der Waals surface area contributed by atoms with Crippen molar-refractivity contribution in [3.05, 3.63) is 23.8 Å². The van der Waals surface area contributed by atoms with Crippen molar-refractivity contribution in [2.24, 2.45) is 5.92 Å². The summed E-state index contributed by atoms with van der Waals surface area (Å²) in [5.41, 5.74) is 2.25. The molecule has 0 amide bonds. The van der Waals surface area contributed by atoms with Gasteiger partial charge in [-0.15, -0.1) is 0 Å². The highest BCUT2D eigenvalue weighted by molar-refractivity contribution is 5.57. The minimum Gasteiger partial charge on any atom is -0.495 e. The lowest BCUT2D eigenvalue weighted by molar-refractivity contribution is 0.132. The van der Waals surface area contributed by atoms with E-state index in [1.54, 1.807) is 7.11 Å². The standard InChI is InChI=1S/C15H25NO2/c1-12(2)7-9-18-10-8-16-14-11-13(3)5-6-15(14)17-4/h5-6,11-12,16H,7-10H2,1-4H3. The smallest absolute Gasteiger partial charge is 0.141 e. The van der Waals surface area contributed by atoms with Crippen LogP contribution in [0.2, 0.25) is 0 Å². The molecule has 0 aliphatic rings. The Labute approximate surface area is 110 Å². The topological polar surface area (TPSA) is 30.5 Å². The summed E-state index contributed by atoms with van der Waals surface area (Å²) >= 11 is 0. The van der Waals surface area contributed by atoms with E-state index < -0.39 is 0 Å². The number of anilines is 1. The van der Waals surface area contributed by atoms with Gasteiger partial charge in [-0.1, -0.05) is 19.9 Å². The normalized spacial score (nSPS) is 10.7. The van der Waals surface area contributed by atoms with Crippen LogP contribution in [0.15, 0.2) is 18.2 Å². The Kier molecular flexibility index (Phi) is 6.58. The number of benzene rings is 1. The van der Waals surface area contributed by atoms with E-state index in [1.807, 2.05) is 12.1 Å². The van der Waals surface area contributed by atoms with Crippen molar-refractivity contribution < 1.29 is 9.47 Å². The first-order chi connectivity index (χ1) is 8.63. The number of nitrogens with one attached hydrogen (secondary N) is 1. The van der Waals surface area contributed by atoms with E-state index >= 15 is 0 Å². The minimum absolute atomic E-state index is 0.704. The summed E-state index contributed by atoms with van der Waals surface area (Å²) in [5.74, 6) is 1.58. The van der Waals surface area contributed by atoms with Gasteiger partial charge in [-0.2, -0.15) is 0 Å². The average Bonchev–Trinajstić information content (AvgIpc) is 2.33.